The zero-order valence-electron chi connectivity index (χ0n) is 11.3. The van der Waals surface area contributed by atoms with Crippen molar-refractivity contribution in [2.75, 3.05) is 6.61 Å². The van der Waals surface area contributed by atoms with Gasteiger partial charge in [0, 0.05) is 0 Å². The smallest absolute Gasteiger partial charge is 0.125 e. The topological polar surface area (TPSA) is 9.23 Å². The van der Waals surface area contributed by atoms with Gasteiger partial charge in [0.2, 0.25) is 0 Å². The van der Waals surface area contributed by atoms with Crippen molar-refractivity contribution in [2.45, 2.75) is 53.9 Å². The average molecular weight is 220 g/mol. The predicted octanol–water partition coefficient (Wildman–Crippen LogP) is 4.49. The van der Waals surface area contributed by atoms with Gasteiger partial charge in [0.25, 0.3) is 0 Å². The van der Waals surface area contributed by atoms with Crippen molar-refractivity contribution >= 4 is 0 Å². The third-order valence-electron chi connectivity index (χ3n) is 3.28. The van der Waals surface area contributed by atoms with E-state index in [0.717, 1.165) is 18.8 Å². The maximum absolute atomic E-state index is 5.91. The summed E-state index contributed by atoms with van der Waals surface area (Å²) < 4.78 is 5.91. The summed E-state index contributed by atoms with van der Waals surface area (Å²) in [7, 11) is 0. The summed E-state index contributed by atoms with van der Waals surface area (Å²) in [6, 6.07) is 2.22. The standard InChI is InChI=1S/C15H24O/c1-6-7-8-9-16-15-12(3)10-11(2)13(4)14(15)5/h10H,6-9H2,1-5H3. The van der Waals surface area contributed by atoms with Crippen LogP contribution in [-0.2, 0) is 0 Å². The van der Waals surface area contributed by atoms with Crippen LogP contribution >= 0.6 is 0 Å². The Kier molecular flexibility index (Phi) is 4.85. The van der Waals surface area contributed by atoms with Gasteiger partial charge in [-0.3, -0.25) is 0 Å². The molecule has 0 aliphatic rings. The monoisotopic (exact) mass is 220 g/mol. The number of benzene rings is 1. The van der Waals surface area contributed by atoms with E-state index < -0.39 is 0 Å². The van der Waals surface area contributed by atoms with Crippen molar-refractivity contribution in [3.63, 3.8) is 0 Å². The van der Waals surface area contributed by atoms with Crippen LogP contribution in [-0.4, -0.2) is 6.61 Å². The molecule has 0 bridgehead atoms. The average Bonchev–Trinajstić information content (AvgIpc) is 2.25. The van der Waals surface area contributed by atoms with Crippen molar-refractivity contribution in [3.05, 3.63) is 28.3 Å². The van der Waals surface area contributed by atoms with Gasteiger partial charge in [-0.1, -0.05) is 25.8 Å². The van der Waals surface area contributed by atoms with E-state index in [1.165, 1.54) is 35.1 Å². The molecule has 1 aromatic carbocycles. The molecule has 0 heterocycles. The second-order valence-electron chi connectivity index (χ2n) is 4.65. The molecule has 0 atom stereocenters. The van der Waals surface area contributed by atoms with Gasteiger partial charge in [-0.05, 0) is 56.4 Å². The van der Waals surface area contributed by atoms with Crippen LogP contribution in [0.25, 0.3) is 0 Å². The Morgan fingerprint density at radius 1 is 0.938 bits per heavy atom. The van der Waals surface area contributed by atoms with Gasteiger partial charge in [-0.2, -0.15) is 0 Å². The van der Waals surface area contributed by atoms with E-state index >= 15 is 0 Å². The van der Waals surface area contributed by atoms with E-state index in [0.29, 0.717) is 0 Å². The van der Waals surface area contributed by atoms with Crippen LogP contribution in [0, 0.1) is 27.7 Å². The normalized spacial score (nSPS) is 10.6. The minimum Gasteiger partial charge on any atom is -0.493 e. The van der Waals surface area contributed by atoms with E-state index in [-0.39, 0.29) is 0 Å². The first-order chi connectivity index (χ1) is 7.57. The minimum absolute atomic E-state index is 0.845. The fourth-order valence-corrected chi connectivity index (χ4v) is 2.01. The molecule has 0 aliphatic heterocycles. The molecular weight excluding hydrogens is 196 g/mol. The molecule has 0 N–H and O–H groups in total. The zero-order chi connectivity index (χ0) is 12.1. The largest absolute Gasteiger partial charge is 0.493 e. The molecule has 0 fully saturated rings. The quantitative estimate of drug-likeness (QED) is 0.664. The lowest BCUT2D eigenvalue weighted by atomic mass is 10.00. The zero-order valence-corrected chi connectivity index (χ0v) is 11.3. The van der Waals surface area contributed by atoms with Crippen LogP contribution in [0.2, 0.25) is 0 Å². The third-order valence-corrected chi connectivity index (χ3v) is 3.28. The lowest BCUT2D eigenvalue weighted by Crippen LogP contribution is -2.02. The van der Waals surface area contributed by atoms with Crippen LogP contribution in [0.1, 0.15) is 48.4 Å². The molecular formula is C15H24O. The van der Waals surface area contributed by atoms with Gasteiger partial charge < -0.3 is 4.74 Å². The Morgan fingerprint density at radius 2 is 1.62 bits per heavy atom. The van der Waals surface area contributed by atoms with Crippen LogP contribution in [0.3, 0.4) is 0 Å². The van der Waals surface area contributed by atoms with Crippen molar-refractivity contribution in [1.82, 2.24) is 0 Å². The summed E-state index contributed by atoms with van der Waals surface area (Å²) in [6.07, 6.45) is 3.65. The van der Waals surface area contributed by atoms with Gasteiger partial charge in [0.1, 0.15) is 5.75 Å². The molecule has 0 saturated carbocycles. The van der Waals surface area contributed by atoms with E-state index in [4.69, 9.17) is 4.74 Å². The van der Waals surface area contributed by atoms with Crippen LogP contribution in [0.15, 0.2) is 6.07 Å². The van der Waals surface area contributed by atoms with Crippen molar-refractivity contribution in [2.24, 2.45) is 0 Å². The molecule has 1 aromatic rings. The summed E-state index contributed by atoms with van der Waals surface area (Å²) in [5.74, 6) is 1.10. The summed E-state index contributed by atoms with van der Waals surface area (Å²) in [6.45, 7) is 11.7. The number of hydrogen-bond acceptors (Lipinski definition) is 1. The number of hydrogen-bond donors (Lipinski definition) is 0. The number of aryl methyl sites for hydroxylation is 2. The van der Waals surface area contributed by atoms with Crippen molar-refractivity contribution < 1.29 is 4.74 Å². The van der Waals surface area contributed by atoms with E-state index in [1.807, 2.05) is 0 Å². The summed E-state index contributed by atoms with van der Waals surface area (Å²) in [5, 5.41) is 0. The number of rotatable bonds is 5. The molecule has 1 rings (SSSR count). The minimum atomic E-state index is 0.845. The van der Waals surface area contributed by atoms with Crippen molar-refractivity contribution in [1.29, 1.82) is 0 Å². The fourth-order valence-electron chi connectivity index (χ4n) is 2.01. The lowest BCUT2D eigenvalue weighted by molar-refractivity contribution is 0.302. The Balaban J connectivity index is 2.76. The molecule has 1 nitrogen and oxygen atoms in total. The first kappa shape index (κ1) is 13.1. The Hall–Kier alpha value is -0.980. The van der Waals surface area contributed by atoms with Crippen molar-refractivity contribution in [3.8, 4) is 5.75 Å². The molecule has 0 radical (unpaired) electrons. The lowest BCUT2D eigenvalue weighted by Gasteiger charge is -2.15. The van der Waals surface area contributed by atoms with Gasteiger partial charge >= 0.3 is 0 Å². The van der Waals surface area contributed by atoms with E-state index in [9.17, 15) is 0 Å². The fraction of sp³-hybridized carbons (Fsp3) is 0.600. The van der Waals surface area contributed by atoms with Crippen LogP contribution in [0.4, 0.5) is 0 Å². The molecule has 16 heavy (non-hydrogen) atoms. The third kappa shape index (κ3) is 3.01. The first-order valence-electron chi connectivity index (χ1n) is 6.28. The van der Waals surface area contributed by atoms with E-state index in [1.54, 1.807) is 0 Å². The molecule has 90 valence electrons. The highest BCUT2D eigenvalue weighted by Gasteiger charge is 2.08. The molecule has 0 amide bonds. The maximum atomic E-state index is 5.91. The maximum Gasteiger partial charge on any atom is 0.125 e. The van der Waals surface area contributed by atoms with Gasteiger partial charge in [0.05, 0.1) is 6.61 Å². The molecule has 0 saturated heterocycles. The van der Waals surface area contributed by atoms with Gasteiger partial charge in [-0.25, -0.2) is 0 Å². The number of unbranched alkanes of at least 4 members (excludes halogenated alkanes) is 2. The summed E-state index contributed by atoms with van der Waals surface area (Å²) in [4.78, 5) is 0. The first-order valence-corrected chi connectivity index (χ1v) is 6.28. The van der Waals surface area contributed by atoms with E-state index in [2.05, 4.69) is 40.7 Å². The molecule has 0 spiro atoms. The Morgan fingerprint density at radius 3 is 2.25 bits per heavy atom. The predicted molar refractivity (Wildman–Crippen MR) is 70.4 cm³/mol. The second kappa shape index (κ2) is 5.93. The number of ether oxygens (including phenoxy) is 1. The van der Waals surface area contributed by atoms with Crippen LogP contribution in [0.5, 0.6) is 5.75 Å². The molecule has 0 aliphatic carbocycles. The van der Waals surface area contributed by atoms with Gasteiger partial charge in [-0.15, -0.1) is 0 Å². The van der Waals surface area contributed by atoms with Crippen LogP contribution < -0.4 is 4.74 Å². The second-order valence-corrected chi connectivity index (χ2v) is 4.65. The summed E-state index contributed by atoms with van der Waals surface area (Å²) in [5.41, 5.74) is 5.28. The highest BCUT2D eigenvalue weighted by atomic mass is 16.5. The molecule has 0 aromatic heterocycles. The molecule has 0 unspecified atom stereocenters. The SMILES string of the molecule is CCCCCOc1c(C)cc(C)c(C)c1C. The summed E-state index contributed by atoms with van der Waals surface area (Å²) >= 11 is 0. The Labute approximate surface area is 99.8 Å². The Bertz CT molecular complexity index is 353. The highest BCUT2D eigenvalue weighted by Crippen LogP contribution is 2.28. The molecule has 1 heteroatoms. The van der Waals surface area contributed by atoms with Gasteiger partial charge in [0.15, 0.2) is 0 Å². The highest BCUT2D eigenvalue weighted by molar-refractivity contribution is 5.48.